The summed E-state index contributed by atoms with van der Waals surface area (Å²) >= 11 is 0. The molecule has 1 unspecified atom stereocenters. The summed E-state index contributed by atoms with van der Waals surface area (Å²) in [6, 6.07) is 6.49. The van der Waals surface area contributed by atoms with Crippen molar-refractivity contribution in [2.24, 2.45) is 7.05 Å². The van der Waals surface area contributed by atoms with Crippen LogP contribution in [0.25, 0.3) is 0 Å². The van der Waals surface area contributed by atoms with Crippen LogP contribution in [0.5, 0.6) is 0 Å². The highest BCUT2D eigenvalue weighted by atomic mass is 16.5. The summed E-state index contributed by atoms with van der Waals surface area (Å²) in [5.41, 5.74) is 0.848. The highest BCUT2D eigenvalue weighted by Crippen LogP contribution is 2.18. The van der Waals surface area contributed by atoms with Gasteiger partial charge in [-0.25, -0.2) is 0 Å². The van der Waals surface area contributed by atoms with Gasteiger partial charge in [-0.05, 0) is 18.2 Å². The predicted octanol–water partition coefficient (Wildman–Crippen LogP) is 1.60. The Morgan fingerprint density at radius 1 is 1.46 bits per heavy atom. The molecule has 7 heteroatoms. The van der Waals surface area contributed by atoms with Crippen molar-refractivity contribution in [1.82, 2.24) is 9.47 Å². The fraction of sp³-hybridized carbons (Fsp3) is 0.353. The third-order valence-electron chi connectivity index (χ3n) is 4.06. The Bertz CT molecular complexity index is 785. The Balaban J connectivity index is 1.79. The van der Waals surface area contributed by atoms with Crippen LogP contribution in [-0.2, 0) is 11.8 Å². The third kappa shape index (κ3) is 3.09. The van der Waals surface area contributed by atoms with Gasteiger partial charge in [0.2, 0.25) is 0 Å². The number of hydrogen-bond donors (Lipinski definition) is 0. The lowest BCUT2D eigenvalue weighted by Crippen LogP contribution is -2.49. The van der Waals surface area contributed by atoms with Crippen LogP contribution in [-0.4, -0.2) is 47.0 Å². The van der Waals surface area contributed by atoms with Gasteiger partial charge in [-0.15, -0.1) is 0 Å². The van der Waals surface area contributed by atoms with Crippen LogP contribution < -0.4 is 0 Å². The number of morpholine rings is 1. The Morgan fingerprint density at radius 2 is 2.29 bits per heavy atom. The number of Topliss-reactive ketones (excluding diaryl/α,β-unsaturated/α-hetero) is 1. The number of aromatic nitrogens is 1. The van der Waals surface area contributed by atoms with E-state index in [1.54, 1.807) is 40.9 Å². The Labute approximate surface area is 139 Å². The molecule has 3 rings (SSSR count). The molecule has 1 fully saturated rings. The van der Waals surface area contributed by atoms with Crippen molar-refractivity contribution in [3.8, 4) is 6.07 Å². The number of rotatable bonds is 4. The highest BCUT2D eigenvalue weighted by molar-refractivity contribution is 5.96. The zero-order valence-corrected chi connectivity index (χ0v) is 13.3. The summed E-state index contributed by atoms with van der Waals surface area (Å²) in [4.78, 5) is 26.7. The van der Waals surface area contributed by atoms with Crippen molar-refractivity contribution in [3.63, 3.8) is 0 Å². The van der Waals surface area contributed by atoms with Crippen LogP contribution in [0.4, 0.5) is 0 Å². The second-order valence-electron chi connectivity index (χ2n) is 5.67. The lowest BCUT2D eigenvalue weighted by Gasteiger charge is -2.35. The van der Waals surface area contributed by atoms with Crippen LogP contribution in [0.15, 0.2) is 35.1 Å². The molecule has 1 amide bonds. The Kier molecular flexibility index (Phi) is 4.49. The monoisotopic (exact) mass is 327 g/mol. The maximum absolute atomic E-state index is 12.8. The van der Waals surface area contributed by atoms with Crippen molar-refractivity contribution in [3.05, 3.63) is 47.7 Å². The second kappa shape index (κ2) is 6.72. The molecule has 0 spiro atoms. The van der Waals surface area contributed by atoms with Gasteiger partial charge < -0.3 is 18.6 Å². The minimum absolute atomic E-state index is 0.134. The van der Waals surface area contributed by atoms with Gasteiger partial charge in [-0.2, -0.15) is 5.26 Å². The molecule has 0 N–H and O–H groups in total. The third-order valence-corrected chi connectivity index (χ3v) is 4.06. The first-order chi connectivity index (χ1) is 11.6. The van der Waals surface area contributed by atoms with Gasteiger partial charge in [0.05, 0.1) is 31.1 Å². The molecule has 0 bridgehead atoms. The number of nitrogens with zero attached hydrogens (tertiary/aromatic N) is 3. The van der Waals surface area contributed by atoms with Crippen molar-refractivity contribution in [1.29, 1.82) is 5.26 Å². The number of ketones is 1. The topological polar surface area (TPSA) is 88.5 Å². The van der Waals surface area contributed by atoms with Crippen molar-refractivity contribution < 1.29 is 18.7 Å². The minimum Gasteiger partial charge on any atom is -0.461 e. The van der Waals surface area contributed by atoms with E-state index < -0.39 is 0 Å². The first kappa shape index (κ1) is 16.0. The van der Waals surface area contributed by atoms with E-state index in [1.807, 2.05) is 6.07 Å². The van der Waals surface area contributed by atoms with Gasteiger partial charge in [0, 0.05) is 26.2 Å². The normalized spacial score (nSPS) is 17.5. The molecular formula is C17H17N3O4. The fourth-order valence-electron chi connectivity index (χ4n) is 2.83. The molecule has 0 radical (unpaired) electrons. The molecule has 0 aromatic carbocycles. The van der Waals surface area contributed by atoms with Gasteiger partial charge >= 0.3 is 0 Å². The molecule has 1 atom stereocenters. The van der Waals surface area contributed by atoms with E-state index in [1.165, 1.54) is 6.26 Å². The average Bonchev–Trinajstić information content (AvgIpc) is 3.24. The molecule has 1 aliphatic heterocycles. The van der Waals surface area contributed by atoms with Gasteiger partial charge in [0.1, 0.15) is 11.8 Å². The zero-order valence-electron chi connectivity index (χ0n) is 13.3. The first-order valence-electron chi connectivity index (χ1n) is 7.62. The summed E-state index contributed by atoms with van der Waals surface area (Å²) in [5, 5.41) is 8.98. The van der Waals surface area contributed by atoms with E-state index in [0.29, 0.717) is 31.0 Å². The van der Waals surface area contributed by atoms with Gasteiger partial charge in [-0.1, -0.05) is 0 Å². The van der Waals surface area contributed by atoms with Crippen molar-refractivity contribution >= 4 is 11.7 Å². The summed E-state index contributed by atoms with van der Waals surface area (Å²) in [7, 11) is 1.72. The molecule has 1 aliphatic rings. The minimum atomic E-state index is -0.357. The SMILES string of the molecule is Cn1cc(C#N)cc1C(=O)N1CCOCC1CC(=O)c1ccco1. The average molecular weight is 327 g/mol. The van der Waals surface area contributed by atoms with Crippen molar-refractivity contribution in [2.45, 2.75) is 12.5 Å². The van der Waals surface area contributed by atoms with Crippen LogP contribution in [0.1, 0.15) is 33.0 Å². The molecular weight excluding hydrogens is 310 g/mol. The number of ether oxygens (including phenoxy) is 1. The quantitative estimate of drug-likeness (QED) is 0.796. The molecule has 7 nitrogen and oxygen atoms in total. The van der Waals surface area contributed by atoms with E-state index in [-0.39, 0.29) is 29.9 Å². The largest absolute Gasteiger partial charge is 0.461 e. The number of carbonyl (C=O) groups excluding carboxylic acids is 2. The highest BCUT2D eigenvalue weighted by Gasteiger charge is 2.31. The lowest BCUT2D eigenvalue weighted by atomic mass is 10.1. The number of furan rings is 1. The summed E-state index contributed by atoms with van der Waals surface area (Å²) in [6.45, 7) is 1.13. The van der Waals surface area contributed by atoms with Crippen LogP contribution >= 0.6 is 0 Å². The summed E-state index contributed by atoms with van der Waals surface area (Å²) < 4.78 is 12.2. The van der Waals surface area contributed by atoms with E-state index in [4.69, 9.17) is 14.4 Å². The maximum Gasteiger partial charge on any atom is 0.270 e. The number of amides is 1. The van der Waals surface area contributed by atoms with E-state index in [9.17, 15) is 9.59 Å². The second-order valence-corrected chi connectivity index (χ2v) is 5.67. The van der Waals surface area contributed by atoms with Crippen molar-refractivity contribution in [2.75, 3.05) is 19.8 Å². The Morgan fingerprint density at radius 3 is 2.96 bits per heavy atom. The smallest absolute Gasteiger partial charge is 0.270 e. The standard InChI is InChI=1S/C17H17N3O4/c1-19-10-12(9-18)7-14(19)17(22)20-4-6-23-11-13(20)8-15(21)16-3-2-5-24-16/h2-3,5,7,10,13H,4,6,8,11H2,1H3. The Hall–Kier alpha value is -2.85. The molecule has 2 aromatic heterocycles. The molecule has 24 heavy (non-hydrogen) atoms. The molecule has 2 aromatic rings. The summed E-state index contributed by atoms with van der Waals surface area (Å²) in [6.07, 6.45) is 3.19. The predicted molar refractivity (Wildman–Crippen MR) is 83.4 cm³/mol. The van der Waals surface area contributed by atoms with E-state index >= 15 is 0 Å². The summed E-state index contributed by atoms with van der Waals surface area (Å²) in [5.74, 6) is -0.101. The molecule has 124 valence electrons. The molecule has 3 heterocycles. The van der Waals surface area contributed by atoms with Crippen LogP contribution in [0.3, 0.4) is 0 Å². The van der Waals surface area contributed by atoms with E-state index in [2.05, 4.69) is 0 Å². The zero-order chi connectivity index (χ0) is 17.1. The van der Waals surface area contributed by atoms with Gasteiger partial charge in [0.25, 0.3) is 5.91 Å². The van der Waals surface area contributed by atoms with Gasteiger partial charge in [-0.3, -0.25) is 9.59 Å². The number of carbonyl (C=O) groups is 2. The molecule has 1 saturated heterocycles. The number of aryl methyl sites for hydroxylation is 1. The van der Waals surface area contributed by atoms with E-state index in [0.717, 1.165) is 0 Å². The molecule has 0 saturated carbocycles. The number of hydrogen-bond acceptors (Lipinski definition) is 5. The van der Waals surface area contributed by atoms with Crippen LogP contribution in [0, 0.1) is 11.3 Å². The lowest BCUT2D eigenvalue weighted by molar-refractivity contribution is -0.00350. The fourth-order valence-corrected chi connectivity index (χ4v) is 2.83. The molecule has 0 aliphatic carbocycles. The number of nitriles is 1. The first-order valence-corrected chi connectivity index (χ1v) is 7.62. The van der Waals surface area contributed by atoms with Crippen LogP contribution in [0.2, 0.25) is 0 Å². The maximum atomic E-state index is 12.8. The van der Waals surface area contributed by atoms with Gasteiger partial charge in [0.15, 0.2) is 11.5 Å².